The fourth-order valence-electron chi connectivity index (χ4n) is 4.03. The van der Waals surface area contributed by atoms with Crippen molar-refractivity contribution >= 4 is 28.6 Å². The summed E-state index contributed by atoms with van der Waals surface area (Å²) in [6.45, 7) is 4.18. The number of thiophene rings is 1. The third kappa shape index (κ3) is 4.42. The molecule has 2 N–H and O–H groups in total. The third-order valence-corrected chi connectivity index (χ3v) is 7.94. The topological polar surface area (TPSA) is 68.9 Å². The molecule has 168 valence electrons. The first-order chi connectivity index (χ1) is 16.5. The minimum atomic E-state index is -0.615. The molecule has 6 heteroatoms. The Bertz CT molecular complexity index is 1470. The lowest BCUT2D eigenvalue weighted by Gasteiger charge is -2.14. The Labute approximate surface area is 206 Å². The maximum Gasteiger partial charge on any atom is 0.231 e. The second-order valence-corrected chi connectivity index (χ2v) is 10.2. The van der Waals surface area contributed by atoms with Crippen LogP contribution in [0.15, 0.2) is 84.4 Å². The number of nitrogens with two attached hydrogens (primary N) is 1. The van der Waals surface area contributed by atoms with Gasteiger partial charge in [-0.3, -0.25) is 9.78 Å². The molecule has 1 unspecified atom stereocenters. The highest BCUT2D eigenvalue weighted by molar-refractivity contribution is 7.23. The standard InChI is InChI=1S/C28H23N3OS2/c1-17-7-6-10-20(13-17)25-26(34-28(31-25)23-14-18(2)16-33-23)21-11-12-30-22(15-21)24(27(29)32)19-8-4-3-5-9-19/h3-16,24H,1-2H3,(H2,29,32). The Kier molecular flexibility index (Phi) is 6.09. The molecule has 5 aromatic rings. The van der Waals surface area contributed by atoms with E-state index in [1.54, 1.807) is 28.9 Å². The van der Waals surface area contributed by atoms with Gasteiger partial charge in [0.25, 0.3) is 0 Å². The first-order valence-electron chi connectivity index (χ1n) is 10.9. The molecule has 3 aromatic heterocycles. The van der Waals surface area contributed by atoms with Gasteiger partial charge in [0.05, 0.1) is 21.1 Å². The molecular weight excluding hydrogens is 458 g/mol. The summed E-state index contributed by atoms with van der Waals surface area (Å²) in [5, 5.41) is 3.13. The molecule has 0 spiro atoms. The van der Waals surface area contributed by atoms with Crippen LogP contribution < -0.4 is 5.73 Å². The van der Waals surface area contributed by atoms with Crippen LogP contribution in [0.5, 0.6) is 0 Å². The highest BCUT2D eigenvalue weighted by Gasteiger charge is 2.23. The Morgan fingerprint density at radius 3 is 2.44 bits per heavy atom. The van der Waals surface area contributed by atoms with Crippen molar-refractivity contribution in [3.8, 4) is 31.6 Å². The molecule has 34 heavy (non-hydrogen) atoms. The summed E-state index contributed by atoms with van der Waals surface area (Å²) in [6.07, 6.45) is 1.75. The number of aryl methyl sites for hydroxylation is 2. The zero-order valence-electron chi connectivity index (χ0n) is 18.9. The lowest BCUT2D eigenvalue weighted by Crippen LogP contribution is -2.23. The van der Waals surface area contributed by atoms with E-state index in [2.05, 4.69) is 54.5 Å². The summed E-state index contributed by atoms with van der Waals surface area (Å²) in [4.78, 5) is 24.2. The van der Waals surface area contributed by atoms with Crippen LogP contribution in [0.4, 0.5) is 0 Å². The molecule has 4 nitrogen and oxygen atoms in total. The van der Waals surface area contributed by atoms with Crippen molar-refractivity contribution < 1.29 is 4.79 Å². The third-order valence-electron chi connectivity index (χ3n) is 5.62. The van der Waals surface area contributed by atoms with Gasteiger partial charge >= 0.3 is 0 Å². The van der Waals surface area contributed by atoms with Crippen LogP contribution in [0, 0.1) is 13.8 Å². The van der Waals surface area contributed by atoms with E-state index >= 15 is 0 Å². The largest absolute Gasteiger partial charge is 0.369 e. The number of carbonyl (C=O) groups excluding carboxylic acids is 1. The van der Waals surface area contributed by atoms with Crippen molar-refractivity contribution in [1.29, 1.82) is 0 Å². The van der Waals surface area contributed by atoms with E-state index in [0.29, 0.717) is 5.69 Å². The Balaban J connectivity index is 1.66. The number of nitrogens with zero attached hydrogens (tertiary/aromatic N) is 2. The molecule has 0 aliphatic carbocycles. The second kappa shape index (κ2) is 9.33. The van der Waals surface area contributed by atoms with E-state index in [-0.39, 0.29) is 0 Å². The normalized spacial score (nSPS) is 11.9. The van der Waals surface area contributed by atoms with E-state index in [9.17, 15) is 4.79 Å². The summed E-state index contributed by atoms with van der Waals surface area (Å²) >= 11 is 3.36. The van der Waals surface area contributed by atoms with Gasteiger partial charge in [-0.2, -0.15) is 0 Å². The fourth-order valence-corrected chi connectivity index (χ4v) is 6.07. The summed E-state index contributed by atoms with van der Waals surface area (Å²) in [6, 6.07) is 24.1. The lowest BCUT2D eigenvalue weighted by atomic mass is 9.93. The molecule has 2 aromatic carbocycles. The van der Waals surface area contributed by atoms with Crippen molar-refractivity contribution in [3.63, 3.8) is 0 Å². The van der Waals surface area contributed by atoms with Gasteiger partial charge in [-0.05, 0) is 60.2 Å². The zero-order chi connectivity index (χ0) is 23.7. The summed E-state index contributed by atoms with van der Waals surface area (Å²) in [7, 11) is 0. The van der Waals surface area contributed by atoms with Crippen LogP contribution in [-0.2, 0) is 4.79 Å². The summed E-state index contributed by atoms with van der Waals surface area (Å²) in [5.41, 5.74) is 12.7. The van der Waals surface area contributed by atoms with Crippen LogP contribution in [0.25, 0.3) is 31.6 Å². The number of aromatic nitrogens is 2. The van der Waals surface area contributed by atoms with Crippen molar-refractivity contribution in [2.45, 2.75) is 19.8 Å². The van der Waals surface area contributed by atoms with Crippen LogP contribution in [0.1, 0.15) is 28.3 Å². The van der Waals surface area contributed by atoms with Crippen molar-refractivity contribution in [2.24, 2.45) is 5.73 Å². The van der Waals surface area contributed by atoms with Gasteiger partial charge in [0.1, 0.15) is 10.9 Å². The molecule has 0 saturated carbocycles. The number of hydrogen-bond acceptors (Lipinski definition) is 5. The predicted octanol–water partition coefficient (Wildman–Crippen LogP) is 6.83. The summed E-state index contributed by atoms with van der Waals surface area (Å²) in [5.74, 6) is -1.04. The van der Waals surface area contributed by atoms with E-state index in [0.717, 1.165) is 37.1 Å². The Morgan fingerprint density at radius 2 is 1.74 bits per heavy atom. The average molecular weight is 482 g/mol. The van der Waals surface area contributed by atoms with Gasteiger partial charge < -0.3 is 5.73 Å². The number of pyridine rings is 1. The van der Waals surface area contributed by atoms with Crippen LogP contribution in [-0.4, -0.2) is 15.9 Å². The maximum atomic E-state index is 12.4. The van der Waals surface area contributed by atoms with Crippen LogP contribution >= 0.6 is 22.7 Å². The van der Waals surface area contributed by atoms with Gasteiger partial charge in [-0.15, -0.1) is 22.7 Å². The van der Waals surface area contributed by atoms with Gasteiger partial charge in [0, 0.05) is 11.8 Å². The number of carbonyl (C=O) groups is 1. The number of hydrogen-bond donors (Lipinski definition) is 1. The predicted molar refractivity (Wildman–Crippen MR) is 141 cm³/mol. The molecule has 5 rings (SSSR count). The Morgan fingerprint density at radius 1 is 0.912 bits per heavy atom. The molecule has 0 fully saturated rings. The van der Waals surface area contributed by atoms with Gasteiger partial charge in [0.2, 0.25) is 5.91 Å². The first kappa shape index (κ1) is 22.2. The van der Waals surface area contributed by atoms with E-state index in [4.69, 9.17) is 10.7 Å². The van der Waals surface area contributed by atoms with E-state index in [1.165, 1.54) is 11.1 Å². The Hall–Kier alpha value is -3.61. The number of thiazole rings is 1. The van der Waals surface area contributed by atoms with Crippen LogP contribution in [0.2, 0.25) is 0 Å². The van der Waals surface area contributed by atoms with E-state index in [1.807, 2.05) is 42.5 Å². The molecule has 0 aliphatic rings. The lowest BCUT2D eigenvalue weighted by molar-refractivity contribution is -0.118. The van der Waals surface area contributed by atoms with E-state index < -0.39 is 11.8 Å². The average Bonchev–Trinajstić information content (AvgIpc) is 3.47. The molecule has 0 bridgehead atoms. The molecule has 0 radical (unpaired) electrons. The molecule has 0 saturated heterocycles. The zero-order valence-corrected chi connectivity index (χ0v) is 20.5. The molecule has 1 amide bonds. The summed E-state index contributed by atoms with van der Waals surface area (Å²) < 4.78 is 0. The number of primary amides is 1. The highest BCUT2D eigenvalue weighted by atomic mass is 32.1. The SMILES string of the molecule is Cc1cccc(-c2nc(-c3cc(C)cs3)sc2-c2ccnc(C(C(N)=O)c3ccccc3)c2)c1. The molecule has 0 aliphatic heterocycles. The number of amides is 1. The maximum absolute atomic E-state index is 12.4. The first-order valence-corrected chi connectivity index (χ1v) is 12.6. The monoisotopic (exact) mass is 481 g/mol. The molecule has 3 heterocycles. The number of rotatable bonds is 6. The van der Waals surface area contributed by atoms with Crippen molar-refractivity contribution in [2.75, 3.05) is 0 Å². The highest BCUT2D eigenvalue weighted by Crippen LogP contribution is 2.42. The minimum Gasteiger partial charge on any atom is -0.369 e. The minimum absolute atomic E-state index is 0.422. The van der Waals surface area contributed by atoms with Crippen molar-refractivity contribution in [1.82, 2.24) is 9.97 Å². The molecular formula is C28H23N3OS2. The molecule has 1 atom stereocenters. The van der Waals surface area contributed by atoms with Gasteiger partial charge in [-0.25, -0.2) is 4.98 Å². The smallest absolute Gasteiger partial charge is 0.231 e. The van der Waals surface area contributed by atoms with Crippen molar-refractivity contribution in [3.05, 3.63) is 107 Å². The fraction of sp³-hybridized carbons (Fsp3) is 0.107. The number of benzene rings is 2. The van der Waals surface area contributed by atoms with Gasteiger partial charge in [0.15, 0.2) is 0 Å². The van der Waals surface area contributed by atoms with Gasteiger partial charge in [-0.1, -0.05) is 54.1 Å². The van der Waals surface area contributed by atoms with Crippen LogP contribution in [0.3, 0.4) is 0 Å². The second-order valence-electron chi connectivity index (χ2n) is 8.27. The quantitative estimate of drug-likeness (QED) is 0.289.